The van der Waals surface area contributed by atoms with Crippen LogP contribution in [0.2, 0.25) is 0 Å². The Bertz CT molecular complexity index is 2790. The van der Waals surface area contributed by atoms with Crippen molar-refractivity contribution in [2.75, 3.05) is 44.7 Å². The lowest BCUT2D eigenvalue weighted by Crippen LogP contribution is -2.16. The summed E-state index contributed by atoms with van der Waals surface area (Å²) in [6.45, 7) is 0.143. The molecule has 0 unspecified atom stereocenters. The van der Waals surface area contributed by atoms with Crippen LogP contribution in [0.5, 0.6) is 17.2 Å². The predicted octanol–water partition coefficient (Wildman–Crippen LogP) is 5.33. The van der Waals surface area contributed by atoms with Gasteiger partial charge in [0.25, 0.3) is 10.1 Å². The molecule has 4 aromatic rings. The maximum Gasteiger partial charge on any atom is 0.397 e. The molecule has 0 aliphatic heterocycles. The topological polar surface area (TPSA) is 387 Å². The monoisotopic (exact) mass is 977 g/mol. The number of phenols is 1. The number of aryl methyl sites for hydroxylation is 1. The Kier molecular flexibility index (Phi) is 16.7. The minimum Gasteiger partial charge on any atom is -0.505 e. The highest BCUT2D eigenvalue weighted by atomic mass is 32.3. The number of ether oxygens (including phenoxy) is 2. The number of fused-ring (bicyclic) bond motifs is 1. The number of rotatable bonds is 22. The maximum atomic E-state index is 13.0. The molecule has 32 heteroatoms. The van der Waals surface area contributed by atoms with Crippen molar-refractivity contribution in [3.05, 3.63) is 48.0 Å². The molecule has 0 aromatic heterocycles. The maximum absolute atomic E-state index is 13.0. The van der Waals surface area contributed by atoms with Crippen LogP contribution in [0.1, 0.15) is 5.56 Å². The highest BCUT2D eigenvalue weighted by molar-refractivity contribution is 7.94. The molecule has 0 aliphatic carbocycles. The van der Waals surface area contributed by atoms with E-state index in [0.717, 1.165) is 38.5 Å². The second kappa shape index (κ2) is 20.7. The Labute approximate surface area is 354 Å². The average molecular weight is 978 g/mol. The molecule has 0 radical (unpaired) electrons. The molecule has 334 valence electrons. The molecule has 26 nitrogen and oxygen atoms in total. The second-order valence-electron chi connectivity index (χ2n) is 11.4. The molecular formula is C29H31N5O21S6. The quantitative estimate of drug-likeness (QED) is 0.0110. The van der Waals surface area contributed by atoms with Gasteiger partial charge in [-0.1, -0.05) is 10.1 Å². The third kappa shape index (κ3) is 12.6. The fraction of sp³-hybridized carbons (Fsp3) is 0.241. The van der Waals surface area contributed by atoms with Crippen molar-refractivity contribution in [2.45, 2.75) is 26.5 Å². The van der Waals surface area contributed by atoms with E-state index in [1.807, 2.05) is 0 Å². The number of nitrogens with zero attached hydrogens (tertiary/aromatic N) is 4. The van der Waals surface area contributed by atoms with Crippen LogP contribution in [-0.4, -0.2) is 97.3 Å². The number of aromatic hydroxyl groups is 1. The van der Waals surface area contributed by atoms with E-state index in [1.54, 1.807) is 0 Å². The number of hydrogen-bond acceptors (Lipinski definition) is 26. The number of nitrogen functional groups attached to an aromatic ring is 1. The summed E-state index contributed by atoms with van der Waals surface area (Å²) in [5.74, 6) is -2.93. The molecule has 61 heavy (non-hydrogen) atoms. The van der Waals surface area contributed by atoms with Crippen LogP contribution in [0, 0.1) is 6.92 Å². The van der Waals surface area contributed by atoms with Gasteiger partial charge in [-0.25, -0.2) is 31.5 Å². The number of sulfone groups is 2. The summed E-state index contributed by atoms with van der Waals surface area (Å²) < 4.78 is 146. The van der Waals surface area contributed by atoms with Crippen LogP contribution in [0.15, 0.2) is 82.5 Å². The lowest BCUT2D eigenvalue weighted by molar-refractivity contribution is -0.434. The Morgan fingerprint density at radius 1 is 0.721 bits per heavy atom. The molecular weight excluding hydrogens is 947 g/mol. The van der Waals surface area contributed by atoms with Crippen LogP contribution < -0.4 is 15.2 Å². The molecule has 0 aliphatic rings. The summed E-state index contributed by atoms with van der Waals surface area (Å²) in [6, 6.07) is 7.55. The van der Waals surface area contributed by atoms with Crippen molar-refractivity contribution in [3.63, 3.8) is 0 Å². The summed E-state index contributed by atoms with van der Waals surface area (Å²) in [4.78, 5) is -1.79. The van der Waals surface area contributed by atoms with Gasteiger partial charge in [-0.05, 0) is 42.8 Å². The van der Waals surface area contributed by atoms with Crippen molar-refractivity contribution in [3.8, 4) is 17.2 Å². The second-order valence-corrected chi connectivity index (χ2v) is 19.3. The molecule has 0 fully saturated rings. The van der Waals surface area contributed by atoms with Gasteiger partial charge in [0.15, 0.2) is 37.7 Å². The molecule has 0 bridgehead atoms. The summed E-state index contributed by atoms with van der Waals surface area (Å²) >= 11 is 0.399. The van der Waals surface area contributed by atoms with Crippen LogP contribution in [0.25, 0.3) is 10.8 Å². The third-order valence-corrected chi connectivity index (χ3v) is 13.6. The van der Waals surface area contributed by atoms with E-state index in [2.05, 4.69) is 43.4 Å². The fourth-order valence-electron chi connectivity index (χ4n) is 5.13. The number of phenolic OH excluding ortho intramolecular Hbond substituents is 1. The average Bonchev–Trinajstić information content (AvgIpc) is 3.17. The summed E-state index contributed by atoms with van der Waals surface area (Å²) in [7, 11) is -16.2. The zero-order valence-electron chi connectivity index (χ0n) is 31.0. The molecule has 0 heterocycles. The lowest BCUT2D eigenvalue weighted by atomic mass is 10.0. The number of benzene rings is 4. The first-order valence-corrected chi connectivity index (χ1v) is 23.4. The highest BCUT2D eigenvalue weighted by Crippen LogP contribution is 2.50. The van der Waals surface area contributed by atoms with Gasteiger partial charge in [-0.3, -0.25) is 13.3 Å². The largest absolute Gasteiger partial charge is 0.505 e. The zero-order valence-corrected chi connectivity index (χ0v) is 35.9. The van der Waals surface area contributed by atoms with Crippen LogP contribution in [0.4, 0.5) is 28.4 Å². The third-order valence-electron chi connectivity index (χ3n) is 7.70. The summed E-state index contributed by atoms with van der Waals surface area (Å²) in [5.41, 5.74) is 4.93. The van der Waals surface area contributed by atoms with Crippen LogP contribution >= 0.6 is 24.4 Å². The van der Waals surface area contributed by atoms with Gasteiger partial charge in [0.1, 0.15) is 38.4 Å². The van der Waals surface area contributed by atoms with Gasteiger partial charge in [0.2, 0.25) is 0 Å². The standard InChI is InChI=1S/C29H31N5O21S6/c1-15-10-16(4-5-23(15)58(38,39)8-6-50-57-55-53-37)31-34-28-22(56-54-52-36)11-17-24(60(42,43)44)13-19(27(30)26(17)29(28)35)33-32-18-12-21(49-3)25(14-20(18)48-2)59(40,41)9-7-51-61(45,46)47/h4-5,10-14,35-37H,6-9,30H2,1-3H3,(H,42,43,44)(H,45,46,47). The van der Waals surface area contributed by atoms with E-state index < -0.39 is 102 Å². The van der Waals surface area contributed by atoms with Gasteiger partial charge in [0, 0.05) is 17.5 Å². The fourth-order valence-corrected chi connectivity index (χ4v) is 9.64. The Hall–Kier alpha value is -4.36. The number of hydrogen-bond donors (Lipinski definition) is 6. The van der Waals surface area contributed by atoms with Gasteiger partial charge < -0.3 is 20.3 Å². The predicted molar refractivity (Wildman–Crippen MR) is 210 cm³/mol. The molecule has 7 N–H and O–H groups in total. The molecule has 0 saturated carbocycles. The van der Waals surface area contributed by atoms with Gasteiger partial charge in [0.05, 0.1) is 77.5 Å². The SMILES string of the molecule is COc1cc(S(=O)(=O)CCOS(=O)(=O)O)c(OC)cc1N=Nc1cc(S(=O)(=O)O)c2cc(SOOO)c(N=Nc3ccc(S(=O)(=O)CCOSOOO)c(C)c3)c(O)c2c1N. The molecule has 0 atom stereocenters. The van der Waals surface area contributed by atoms with Gasteiger partial charge in [-0.15, -0.1) is 24.0 Å². The van der Waals surface area contributed by atoms with Gasteiger partial charge >= 0.3 is 10.4 Å². The Morgan fingerprint density at radius 3 is 1.97 bits per heavy atom. The lowest BCUT2D eigenvalue weighted by Gasteiger charge is -2.15. The highest BCUT2D eigenvalue weighted by Gasteiger charge is 2.27. The van der Waals surface area contributed by atoms with Crippen LogP contribution in [-0.2, 0) is 67.3 Å². The first-order chi connectivity index (χ1) is 28.6. The van der Waals surface area contributed by atoms with Crippen molar-refractivity contribution in [2.24, 2.45) is 20.5 Å². The van der Waals surface area contributed by atoms with E-state index in [4.69, 9.17) is 34.5 Å². The van der Waals surface area contributed by atoms with E-state index in [9.17, 15) is 43.3 Å². The molecule has 4 aromatic carbocycles. The van der Waals surface area contributed by atoms with Crippen molar-refractivity contribution in [1.82, 2.24) is 0 Å². The number of nitrogens with two attached hydrogens (primary N) is 1. The van der Waals surface area contributed by atoms with E-state index in [1.165, 1.54) is 25.1 Å². The molecule has 0 amide bonds. The molecule has 0 saturated heterocycles. The number of anilines is 1. The molecule has 0 spiro atoms. The van der Waals surface area contributed by atoms with Crippen molar-refractivity contribution >= 4 is 104 Å². The zero-order chi connectivity index (χ0) is 45.3. The normalized spacial score (nSPS) is 12.8. The first-order valence-electron chi connectivity index (χ1n) is 15.9. The summed E-state index contributed by atoms with van der Waals surface area (Å²) in [6.07, 6.45) is 0. The van der Waals surface area contributed by atoms with Crippen molar-refractivity contribution in [1.29, 1.82) is 0 Å². The Morgan fingerprint density at radius 2 is 1.36 bits per heavy atom. The first kappa shape index (κ1) is 49.3. The van der Waals surface area contributed by atoms with E-state index in [-0.39, 0.29) is 69.2 Å². The van der Waals surface area contributed by atoms with Gasteiger partial charge in [-0.2, -0.15) is 21.9 Å². The van der Waals surface area contributed by atoms with E-state index >= 15 is 0 Å². The summed E-state index contributed by atoms with van der Waals surface area (Å²) in [5, 5.41) is 50.5. The van der Waals surface area contributed by atoms with E-state index in [0.29, 0.717) is 0 Å². The van der Waals surface area contributed by atoms with Crippen LogP contribution in [0.3, 0.4) is 0 Å². The molecule has 4 rings (SSSR count). The Balaban J connectivity index is 1.83. The van der Waals surface area contributed by atoms with Crippen molar-refractivity contribution < 1.29 is 95.0 Å². The minimum absolute atomic E-state index is 0.0373. The minimum atomic E-state index is -5.18. The number of methoxy groups -OCH3 is 2. The smallest absolute Gasteiger partial charge is 0.397 e. The number of azo groups is 2.